The first-order chi connectivity index (χ1) is 12.6. The average Bonchev–Trinajstić information content (AvgIpc) is 2.60. The van der Waals surface area contributed by atoms with E-state index in [1.165, 1.54) is 51.8 Å². The van der Waals surface area contributed by atoms with Crippen molar-refractivity contribution in [3.05, 3.63) is 0 Å². The molecule has 0 fully saturated rings. The molecule has 0 aliphatic carbocycles. The van der Waals surface area contributed by atoms with Gasteiger partial charge in [-0.05, 0) is 0 Å². The Hall–Kier alpha value is 0.936. The van der Waals surface area contributed by atoms with Gasteiger partial charge in [0.15, 0.2) is 0 Å². The van der Waals surface area contributed by atoms with Crippen molar-refractivity contribution in [2.75, 3.05) is 6.61 Å². The molecule has 1 atom stereocenters. The molecule has 4 heteroatoms. The number of rotatable bonds is 16. The van der Waals surface area contributed by atoms with Crippen LogP contribution in [0.25, 0.3) is 0 Å². The van der Waals surface area contributed by atoms with Crippen LogP contribution in [0, 0.1) is 0 Å². The Kier molecular flexibility index (Phi) is 14.5. The van der Waals surface area contributed by atoms with Crippen molar-refractivity contribution in [2.45, 2.75) is 135 Å². The van der Waals surface area contributed by atoms with E-state index in [1.54, 1.807) is 0 Å². The fraction of sp³-hybridized carbons (Fsp3) is 1.00. The van der Waals surface area contributed by atoms with Gasteiger partial charge < -0.3 is 0 Å². The van der Waals surface area contributed by atoms with Crippen LogP contribution in [-0.2, 0) is 4.43 Å². The summed E-state index contributed by atoms with van der Waals surface area (Å²) >= 11 is -2.45. The van der Waals surface area contributed by atoms with Crippen molar-refractivity contribution in [2.24, 2.45) is 0 Å². The predicted molar refractivity (Wildman–Crippen MR) is 128 cm³/mol. The Morgan fingerprint density at radius 3 is 1.63 bits per heavy atom. The zero-order valence-corrected chi connectivity index (χ0v) is 24.0. The molecule has 0 aromatic rings. The van der Waals surface area contributed by atoms with Crippen LogP contribution >= 0.6 is 0 Å². The second-order valence-electron chi connectivity index (χ2n) is 10.3. The minimum atomic E-state index is -2.45. The van der Waals surface area contributed by atoms with Crippen molar-refractivity contribution in [3.63, 3.8) is 0 Å². The number of aliphatic hydroxyl groups is 1. The van der Waals surface area contributed by atoms with E-state index in [9.17, 15) is 5.11 Å². The van der Waals surface area contributed by atoms with Gasteiger partial charge in [0.05, 0.1) is 0 Å². The maximum absolute atomic E-state index is 11.3. The molecule has 0 saturated heterocycles. The first kappa shape index (κ1) is 27.9. The summed E-state index contributed by atoms with van der Waals surface area (Å²) in [5, 5.41) is 11.6. The van der Waals surface area contributed by atoms with Crippen molar-refractivity contribution in [3.8, 4) is 0 Å². The molecule has 0 radical (unpaired) electrons. The molecular weight excluding hydrogens is 455 g/mol. The number of hydrogen-bond donors (Lipinski definition) is 1. The SMILES string of the molecule is CCC[CH2][Sn]([CH2]CCC)([CH2]CCC)[CH](O)CCCCO[Si](C)(C)C(C)(C)C. The molecule has 0 aromatic heterocycles. The Balaban J connectivity index is 4.66. The molecule has 1 unspecified atom stereocenters. The maximum atomic E-state index is 11.3. The zero-order valence-electron chi connectivity index (χ0n) is 20.1. The van der Waals surface area contributed by atoms with Gasteiger partial charge in [-0.2, -0.15) is 0 Å². The van der Waals surface area contributed by atoms with E-state index in [0.29, 0.717) is 5.04 Å². The summed E-state index contributed by atoms with van der Waals surface area (Å²) in [5.74, 6) is 0. The van der Waals surface area contributed by atoms with E-state index in [2.05, 4.69) is 54.6 Å². The van der Waals surface area contributed by atoms with E-state index in [4.69, 9.17) is 4.43 Å². The molecule has 164 valence electrons. The van der Waals surface area contributed by atoms with Gasteiger partial charge in [-0.15, -0.1) is 0 Å². The molecule has 0 heterocycles. The second-order valence-corrected chi connectivity index (χ2v) is 29.1. The van der Waals surface area contributed by atoms with Crippen LogP contribution in [0.1, 0.15) is 99.3 Å². The summed E-state index contributed by atoms with van der Waals surface area (Å²) in [7, 11) is -1.62. The summed E-state index contributed by atoms with van der Waals surface area (Å²) in [6.45, 7) is 19.4. The van der Waals surface area contributed by atoms with Crippen LogP contribution in [-0.4, -0.2) is 42.5 Å². The Bertz CT molecular complexity index is 344. The summed E-state index contributed by atoms with van der Waals surface area (Å²) in [6.07, 6.45) is 11.2. The fourth-order valence-corrected chi connectivity index (χ4v) is 21.2. The molecule has 2 nitrogen and oxygen atoms in total. The van der Waals surface area contributed by atoms with Gasteiger partial charge in [-0.3, -0.25) is 0 Å². The van der Waals surface area contributed by atoms with Gasteiger partial charge in [-0.1, -0.05) is 0 Å². The molecule has 0 rings (SSSR count). The number of aliphatic hydroxyl groups excluding tert-OH is 1. The molecule has 0 bridgehead atoms. The molecule has 0 aromatic carbocycles. The first-order valence-electron chi connectivity index (χ1n) is 11.9. The van der Waals surface area contributed by atoms with Crippen LogP contribution in [0.4, 0.5) is 0 Å². The molecule has 0 amide bonds. The zero-order chi connectivity index (χ0) is 21.0. The monoisotopic (exact) mass is 508 g/mol. The molecular formula is C23H52O2SiSn. The normalized spacial score (nSPS) is 14.6. The Morgan fingerprint density at radius 2 is 1.26 bits per heavy atom. The summed E-state index contributed by atoms with van der Waals surface area (Å²) < 4.78 is 10.6. The van der Waals surface area contributed by atoms with E-state index in [1.807, 2.05) is 0 Å². The summed E-state index contributed by atoms with van der Waals surface area (Å²) in [6, 6.07) is 0. The third-order valence-corrected chi connectivity index (χ3v) is 27.9. The van der Waals surface area contributed by atoms with E-state index < -0.39 is 26.7 Å². The Labute approximate surface area is 177 Å². The van der Waals surface area contributed by atoms with E-state index >= 15 is 0 Å². The third-order valence-electron chi connectivity index (χ3n) is 6.93. The van der Waals surface area contributed by atoms with Crippen molar-refractivity contribution >= 4 is 26.7 Å². The van der Waals surface area contributed by atoms with Gasteiger partial charge >= 0.3 is 178 Å². The standard InChI is InChI=1S/C11H25O2Si.3C4H9.Sn/c1-11(2,3)14(4,5)13-10-8-6-7-9-12;3*1-3-4-2;/h9,12H,6-8,10H2,1-5H3;3*1,3-4H2,2H3;. The molecule has 0 aliphatic rings. The molecule has 0 saturated carbocycles. The molecule has 27 heavy (non-hydrogen) atoms. The molecule has 1 N–H and O–H groups in total. The van der Waals surface area contributed by atoms with Gasteiger partial charge in [0.25, 0.3) is 0 Å². The van der Waals surface area contributed by atoms with Gasteiger partial charge in [0, 0.05) is 0 Å². The number of hydrogen-bond acceptors (Lipinski definition) is 2. The van der Waals surface area contributed by atoms with E-state index in [-0.39, 0.29) is 4.12 Å². The van der Waals surface area contributed by atoms with Crippen LogP contribution in [0.5, 0.6) is 0 Å². The van der Waals surface area contributed by atoms with Crippen LogP contribution < -0.4 is 0 Å². The average molecular weight is 507 g/mol. The molecule has 0 aliphatic heterocycles. The van der Waals surface area contributed by atoms with Gasteiger partial charge in [-0.25, -0.2) is 0 Å². The fourth-order valence-electron chi connectivity index (χ4n) is 3.75. The first-order valence-corrected chi connectivity index (χ1v) is 22.5. The summed E-state index contributed by atoms with van der Waals surface area (Å²) in [4.78, 5) is 0. The van der Waals surface area contributed by atoms with Crippen molar-refractivity contribution in [1.29, 1.82) is 0 Å². The predicted octanol–water partition coefficient (Wildman–Crippen LogP) is 7.93. The van der Waals surface area contributed by atoms with Crippen LogP contribution in [0.3, 0.4) is 0 Å². The van der Waals surface area contributed by atoms with Crippen LogP contribution in [0.2, 0.25) is 31.4 Å². The minimum absolute atomic E-state index is 0.0665. The van der Waals surface area contributed by atoms with Gasteiger partial charge in [0.2, 0.25) is 0 Å². The summed E-state index contributed by atoms with van der Waals surface area (Å²) in [5.41, 5.74) is 0. The number of unbranched alkanes of at least 4 members (excludes halogenated alkanes) is 4. The second kappa shape index (κ2) is 14.0. The van der Waals surface area contributed by atoms with Crippen LogP contribution in [0.15, 0.2) is 0 Å². The Morgan fingerprint density at radius 1 is 0.815 bits per heavy atom. The van der Waals surface area contributed by atoms with Crippen molar-refractivity contribution < 1.29 is 9.53 Å². The quantitative estimate of drug-likeness (QED) is 0.170. The topological polar surface area (TPSA) is 29.5 Å². The van der Waals surface area contributed by atoms with E-state index in [0.717, 1.165) is 25.9 Å². The third kappa shape index (κ3) is 10.5. The van der Waals surface area contributed by atoms with Gasteiger partial charge in [0.1, 0.15) is 0 Å². The van der Waals surface area contributed by atoms with Crippen molar-refractivity contribution in [1.82, 2.24) is 0 Å². The molecule has 0 spiro atoms.